The van der Waals surface area contributed by atoms with Crippen molar-refractivity contribution in [2.45, 2.75) is 4.90 Å². The lowest BCUT2D eigenvalue weighted by atomic mass is 10.2. The number of hydrogen-bond donors (Lipinski definition) is 2. The molecule has 5 nitrogen and oxygen atoms in total. The number of nitrogens with zero attached hydrogens (tertiary/aromatic N) is 1. The van der Waals surface area contributed by atoms with Crippen molar-refractivity contribution in [3.8, 4) is 6.07 Å². The van der Waals surface area contributed by atoms with Crippen LogP contribution in [-0.2, 0) is 10.0 Å². The van der Waals surface area contributed by atoms with Gasteiger partial charge in [0.05, 0.1) is 16.5 Å². The molecule has 1 aromatic rings. The van der Waals surface area contributed by atoms with Gasteiger partial charge in [-0.25, -0.2) is 13.1 Å². The normalized spacial score (nSPS) is 11.5. The van der Waals surface area contributed by atoms with Gasteiger partial charge in [0.15, 0.2) is 0 Å². The van der Waals surface area contributed by atoms with E-state index >= 15 is 0 Å². The highest BCUT2D eigenvalue weighted by Gasteiger charge is 2.12. The van der Waals surface area contributed by atoms with E-state index < -0.39 is 10.0 Å². The molecule has 0 spiro atoms. The van der Waals surface area contributed by atoms with Crippen LogP contribution in [0.1, 0.15) is 5.56 Å². The number of nitrogens with one attached hydrogen (secondary N) is 1. The van der Waals surface area contributed by atoms with Gasteiger partial charge in [-0.05, 0) is 18.2 Å². The van der Waals surface area contributed by atoms with E-state index in [4.69, 9.17) is 11.0 Å². The molecule has 3 N–H and O–H groups in total. The maximum atomic E-state index is 11.8. The maximum absolute atomic E-state index is 11.8. The third kappa shape index (κ3) is 4.00. The van der Waals surface area contributed by atoms with E-state index in [2.05, 4.69) is 4.72 Å². The molecule has 0 atom stereocenters. The molecule has 0 saturated carbocycles. The summed E-state index contributed by atoms with van der Waals surface area (Å²) in [6.07, 6.45) is 3.29. The minimum atomic E-state index is -3.57. The van der Waals surface area contributed by atoms with E-state index in [9.17, 15) is 8.42 Å². The van der Waals surface area contributed by atoms with Crippen molar-refractivity contribution in [3.05, 3.63) is 42.0 Å². The first kappa shape index (κ1) is 13.4. The molecule has 0 radical (unpaired) electrons. The van der Waals surface area contributed by atoms with Crippen molar-refractivity contribution >= 4 is 10.0 Å². The second-order valence-corrected chi connectivity index (χ2v) is 4.97. The van der Waals surface area contributed by atoms with Gasteiger partial charge in [0.1, 0.15) is 0 Å². The Labute approximate surface area is 101 Å². The lowest BCUT2D eigenvalue weighted by molar-refractivity contribution is 0.585. The third-order valence-electron chi connectivity index (χ3n) is 1.97. The largest absolute Gasteiger partial charge is 0.327 e. The Bertz CT molecular complexity index is 544. The zero-order chi connectivity index (χ0) is 12.7. The van der Waals surface area contributed by atoms with Crippen LogP contribution in [0.3, 0.4) is 0 Å². The summed E-state index contributed by atoms with van der Waals surface area (Å²) in [5.41, 5.74) is 5.54. The van der Waals surface area contributed by atoms with Crippen LogP contribution in [0.15, 0.2) is 41.3 Å². The fraction of sp³-hybridized carbons (Fsp3) is 0.182. The fourth-order valence-corrected chi connectivity index (χ4v) is 2.18. The standard InChI is InChI=1S/C11H13N3O2S/c12-6-1-2-7-14-17(15,16)11-5-3-4-10(8-11)9-13/h1-5,8,14H,6-7,12H2/b2-1+. The molecule has 0 aromatic heterocycles. The SMILES string of the molecule is N#Cc1cccc(S(=O)(=O)NC/C=C/CN)c1. The van der Waals surface area contributed by atoms with Crippen molar-refractivity contribution < 1.29 is 8.42 Å². The highest BCUT2D eigenvalue weighted by molar-refractivity contribution is 7.89. The number of hydrogen-bond acceptors (Lipinski definition) is 4. The van der Waals surface area contributed by atoms with Crippen molar-refractivity contribution in [1.82, 2.24) is 4.72 Å². The highest BCUT2D eigenvalue weighted by Crippen LogP contribution is 2.10. The molecule has 90 valence electrons. The molecule has 0 aliphatic carbocycles. The van der Waals surface area contributed by atoms with Crippen LogP contribution < -0.4 is 10.5 Å². The first-order chi connectivity index (χ1) is 8.10. The van der Waals surface area contributed by atoms with E-state index in [0.29, 0.717) is 12.1 Å². The van der Waals surface area contributed by atoms with Gasteiger partial charge in [0, 0.05) is 13.1 Å². The molecule has 6 heteroatoms. The summed E-state index contributed by atoms with van der Waals surface area (Å²) >= 11 is 0. The smallest absolute Gasteiger partial charge is 0.240 e. The Morgan fingerprint density at radius 3 is 2.82 bits per heavy atom. The van der Waals surface area contributed by atoms with Crippen molar-refractivity contribution in [2.75, 3.05) is 13.1 Å². The quantitative estimate of drug-likeness (QED) is 0.738. The molecule has 0 saturated heterocycles. The summed E-state index contributed by atoms with van der Waals surface area (Å²) in [6.45, 7) is 0.544. The maximum Gasteiger partial charge on any atom is 0.240 e. The summed E-state index contributed by atoms with van der Waals surface area (Å²) in [5, 5.41) is 8.68. The molecule has 1 aromatic carbocycles. The number of nitriles is 1. The Morgan fingerprint density at radius 1 is 1.41 bits per heavy atom. The number of benzene rings is 1. The predicted molar refractivity (Wildman–Crippen MR) is 64.5 cm³/mol. The molecule has 0 aliphatic heterocycles. The van der Waals surface area contributed by atoms with Gasteiger partial charge in [-0.1, -0.05) is 18.2 Å². The Morgan fingerprint density at radius 2 is 2.18 bits per heavy atom. The van der Waals surface area contributed by atoms with Crippen LogP contribution in [0, 0.1) is 11.3 Å². The average molecular weight is 251 g/mol. The van der Waals surface area contributed by atoms with Crippen LogP contribution in [0.2, 0.25) is 0 Å². The Balaban J connectivity index is 2.83. The molecule has 0 fully saturated rings. The predicted octanol–water partition coefficient (Wildman–Crippen LogP) is 0.351. The summed E-state index contributed by atoms with van der Waals surface area (Å²) in [5.74, 6) is 0. The van der Waals surface area contributed by atoms with Gasteiger partial charge in [-0.15, -0.1) is 0 Å². The van der Waals surface area contributed by atoms with E-state index in [1.807, 2.05) is 6.07 Å². The first-order valence-electron chi connectivity index (χ1n) is 4.95. The Kier molecular flexibility index (Phi) is 4.84. The lowest BCUT2D eigenvalue weighted by Gasteiger charge is -2.04. The van der Waals surface area contributed by atoms with Gasteiger partial charge in [-0.3, -0.25) is 0 Å². The molecular weight excluding hydrogens is 238 g/mol. The molecule has 0 heterocycles. The monoisotopic (exact) mass is 251 g/mol. The second kappa shape index (κ2) is 6.15. The molecule has 0 bridgehead atoms. The lowest BCUT2D eigenvalue weighted by Crippen LogP contribution is -2.23. The van der Waals surface area contributed by atoms with E-state index in [0.717, 1.165) is 0 Å². The van der Waals surface area contributed by atoms with Crippen molar-refractivity contribution in [2.24, 2.45) is 5.73 Å². The average Bonchev–Trinajstić information content (AvgIpc) is 2.35. The summed E-state index contributed by atoms with van der Waals surface area (Å²) in [4.78, 5) is 0.0812. The topological polar surface area (TPSA) is 96.0 Å². The third-order valence-corrected chi connectivity index (χ3v) is 3.39. The van der Waals surface area contributed by atoms with Gasteiger partial charge in [0.25, 0.3) is 0 Å². The van der Waals surface area contributed by atoms with Gasteiger partial charge in [-0.2, -0.15) is 5.26 Å². The zero-order valence-corrected chi connectivity index (χ0v) is 9.94. The van der Waals surface area contributed by atoms with Crippen molar-refractivity contribution in [1.29, 1.82) is 5.26 Å². The minimum absolute atomic E-state index is 0.0812. The van der Waals surface area contributed by atoms with Gasteiger partial charge >= 0.3 is 0 Å². The van der Waals surface area contributed by atoms with Gasteiger partial charge < -0.3 is 5.73 Å². The van der Waals surface area contributed by atoms with Gasteiger partial charge in [0.2, 0.25) is 10.0 Å². The van der Waals surface area contributed by atoms with E-state index in [1.54, 1.807) is 18.2 Å². The van der Waals surface area contributed by atoms with Crippen molar-refractivity contribution in [3.63, 3.8) is 0 Å². The second-order valence-electron chi connectivity index (χ2n) is 3.20. The number of sulfonamides is 1. The van der Waals surface area contributed by atoms with E-state index in [1.165, 1.54) is 18.2 Å². The minimum Gasteiger partial charge on any atom is -0.327 e. The summed E-state index contributed by atoms with van der Waals surface area (Å²) < 4.78 is 25.9. The van der Waals surface area contributed by atoms with Crippen LogP contribution in [0.4, 0.5) is 0 Å². The molecule has 0 aliphatic rings. The molecular formula is C11H13N3O2S. The zero-order valence-electron chi connectivity index (χ0n) is 9.13. The fourth-order valence-electron chi connectivity index (χ4n) is 1.15. The van der Waals surface area contributed by atoms with Crippen LogP contribution in [-0.4, -0.2) is 21.5 Å². The van der Waals surface area contributed by atoms with Crippen LogP contribution >= 0.6 is 0 Å². The molecule has 0 unspecified atom stereocenters. The van der Waals surface area contributed by atoms with E-state index in [-0.39, 0.29) is 11.4 Å². The number of rotatable bonds is 5. The molecule has 1 rings (SSSR count). The molecule has 0 amide bonds. The number of nitrogens with two attached hydrogens (primary N) is 1. The van der Waals surface area contributed by atoms with Crippen LogP contribution in [0.25, 0.3) is 0 Å². The molecule has 17 heavy (non-hydrogen) atoms. The highest BCUT2D eigenvalue weighted by atomic mass is 32.2. The Hall–Kier alpha value is -1.68. The summed E-state index contributed by atoms with van der Waals surface area (Å²) in [6, 6.07) is 7.74. The first-order valence-corrected chi connectivity index (χ1v) is 6.43. The van der Waals surface area contributed by atoms with Crippen LogP contribution in [0.5, 0.6) is 0 Å². The summed E-state index contributed by atoms with van der Waals surface area (Å²) in [7, 11) is -3.57.